The summed E-state index contributed by atoms with van der Waals surface area (Å²) < 4.78 is 6.57. The van der Waals surface area contributed by atoms with E-state index >= 15 is 0 Å². The van der Waals surface area contributed by atoms with Crippen LogP contribution in [-0.4, -0.2) is 24.9 Å². The highest BCUT2D eigenvalue weighted by atomic mass is 16.3. The number of furan rings is 1. The average Bonchev–Trinajstić information content (AvgIpc) is 3.73. The summed E-state index contributed by atoms with van der Waals surface area (Å²) in [5.74, 6) is 2.28. The van der Waals surface area contributed by atoms with E-state index in [9.17, 15) is 0 Å². The highest BCUT2D eigenvalue weighted by molar-refractivity contribution is 6.07. The standard InChI is InChI=1S/C55H35N5O/c1-5-17-36(18-6-1)40-25-15-27-42(31-40)44-33-45(35-46(34-44)55-59-52(38-21-9-3-10-22-38)58-53(60-55)39-23-11-4-12-24-39)54-56-49(51-50(57-54)47-29-13-14-30-48(47)61-51)43-28-16-26-41(32-43)37-19-7-2-8-20-37/h1-35H. The lowest BCUT2D eigenvalue weighted by Crippen LogP contribution is -2.01. The van der Waals surface area contributed by atoms with Crippen molar-refractivity contribution < 1.29 is 4.42 Å². The lowest BCUT2D eigenvalue weighted by atomic mass is 9.95. The van der Waals surface area contributed by atoms with Gasteiger partial charge in [0.2, 0.25) is 0 Å². The highest BCUT2D eigenvalue weighted by Crippen LogP contribution is 2.39. The van der Waals surface area contributed by atoms with Gasteiger partial charge >= 0.3 is 0 Å². The molecule has 0 aliphatic heterocycles. The Morgan fingerprint density at radius 1 is 0.262 bits per heavy atom. The zero-order valence-electron chi connectivity index (χ0n) is 32.9. The molecule has 3 heterocycles. The van der Waals surface area contributed by atoms with Crippen LogP contribution < -0.4 is 0 Å². The quantitative estimate of drug-likeness (QED) is 0.153. The van der Waals surface area contributed by atoms with E-state index in [-0.39, 0.29) is 0 Å². The van der Waals surface area contributed by atoms with Gasteiger partial charge in [0.15, 0.2) is 28.9 Å². The third-order valence-electron chi connectivity index (χ3n) is 10.9. The van der Waals surface area contributed by atoms with Crippen molar-refractivity contribution in [2.45, 2.75) is 0 Å². The van der Waals surface area contributed by atoms with Crippen molar-refractivity contribution in [1.29, 1.82) is 0 Å². The molecule has 0 saturated heterocycles. The van der Waals surface area contributed by atoms with Gasteiger partial charge in [-0.05, 0) is 75.8 Å². The highest BCUT2D eigenvalue weighted by Gasteiger charge is 2.21. The minimum atomic E-state index is 0.542. The molecule has 6 heteroatoms. The fraction of sp³-hybridized carbons (Fsp3) is 0. The van der Waals surface area contributed by atoms with Gasteiger partial charge < -0.3 is 4.42 Å². The van der Waals surface area contributed by atoms with Gasteiger partial charge in [0.25, 0.3) is 0 Å². The molecular formula is C55H35N5O. The van der Waals surface area contributed by atoms with Crippen molar-refractivity contribution in [2.24, 2.45) is 0 Å². The minimum absolute atomic E-state index is 0.542. The Kier molecular flexibility index (Phi) is 9.06. The van der Waals surface area contributed by atoms with E-state index in [4.69, 9.17) is 29.3 Å². The first-order valence-corrected chi connectivity index (χ1v) is 20.2. The van der Waals surface area contributed by atoms with Gasteiger partial charge in [0.1, 0.15) is 16.8 Å². The number of benzene rings is 8. The van der Waals surface area contributed by atoms with Gasteiger partial charge in [-0.1, -0.05) is 170 Å². The number of hydrogen-bond acceptors (Lipinski definition) is 6. The predicted octanol–water partition coefficient (Wildman–Crippen LogP) is 13.9. The Morgan fingerprint density at radius 3 is 1.20 bits per heavy atom. The second kappa shape index (κ2) is 15.4. The van der Waals surface area contributed by atoms with Crippen LogP contribution in [0.4, 0.5) is 0 Å². The van der Waals surface area contributed by atoms with Crippen LogP contribution in [0.2, 0.25) is 0 Å². The first kappa shape index (κ1) is 35.8. The molecule has 6 nitrogen and oxygen atoms in total. The van der Waals surface area contributed by atoms with Crippen LogP contribution in [0.25, 0.3) is 112 Å². The summed E-state index contributed by atoms with van der Waals surface area (Å²) in [6.07, 6.45) is 0. The fourth-order valence-electron chi connectivity index (χ4n) is 7.89. The van der Waals surface area contributed by atoms with Crippen LogP contribution in [-0.2, 0) is 0 Å². The van der Waals surface area contributed by atoms with E-state index in [1.54, 1.807) is 0 Å². The van der Waals surface area contributed by atoms with Crippen LogP contribution in [0.1, 0.15) is 0 Å². The molecule has 3 aromatic heterocycles. The van der Waals surface area contributed by atoms with Gasteiger partial charge in [-0.2, -0.15) is 0 Å². The van der Waals surface area contributed by atoms with Crippen molar-refractivity contribution in [2.75, 3.05) is 0 Å². The number of fused-ring (bicyclic) bond motifs is 3. The summed E-state index contributed by atoms with van der Waals surface area (Å²) in [5, 5.41) is 0.922. The topological polar surface area (TPSA) is 77.6 Å². The number of aromatic nitrogens is 5. The Labute approximate surface area is 352 Å². The first-order valence-electron chi connectivity index (χ1n) is 20.2. The number of nitrogens with zero attached hydrogens (tertiary/aromatic N) is 5. The summed E-state index contributed by atoms with van der Waals surface area (Å²) in [6, 6.07) is 72.4. The van der Waals surface area contributed by atoms with Gasteiger partial charge in [-0.25, -0.2) is 24.9 Å². The van der Waals surface area contributed by atoms with Crippen molar-refractivity contribution in [3.63, 3.8) is 0 Å². The summed E-state index contributed by atoms with van der Waals surface area (Å²) in [6.45, 7) is 0. The van der Waals surface area contributed by atoms with Crippen molar-refractivity contribution in [3.05, 3.63) is 212 Å². The predicted molar refractivity (Wildman–Crippen MR) is 246 cm³/mol. The van der Waals surface area contributed by atoms with Gasteiger partial charge in [-0.15, -0.1) is 0 Å². The molecule has 61 heavy (non-hydrogen) atoms. The lowest BCUT2D eigenvalue weighted by molar-refractivity contribution is 0.667. The second-order valence-electron chi connectivity index (χ2n) is 14.9. The van der Waals surface area contributed by atoms with Gasteiger partial charge in [0.05, 0.1) is 0 Å². The zero-order chi connectivity index (χ0) is 40.5. The van der Waals surface area contributed by atoms with Crippen LogP contribution in [0.15, 0.2) is 217 Å². The molecule has 0 radical (unpaired) electrons. The lowest BCUT2D eigenvalue weighted by Gasteiger charge is -2.13. The Hall–Kier alpha value is -8.35. The summed E-state index contributed by atoms with van der Waals surface area (Å²) in [7, 11) is 0. The van der Waals surface area contributed by atoms with E-state index in [1.807, 2.05) is 91.0 Å². The first-order chi connectivity index (χ1) is 30.2. The molecule has 0 fully saturated rings. The van der Waals surface area contributed by atoms with Gasteiger partial charge in [0, 0.05) is 33.2 Å². The molecule has 286 valence electrons. The molecule has 11 aromatic rings. The zero-order valence-corrected chi connectivity index (χ0v) is 32.9. The fourth-order valence-corrected chi connectivity index (χ4v) is 7.89. The molecule has 0 saturated carbocycles. The minimum Gasteiger partial charge on any atom is -0.452 e. The Bertz CT molecular complexity index is 3290. The van der Waals surface area contributed by atoms with Crippen LogP contribution in [0.3, 0.4) is 0 Å². The second-order valence-corrected chi connectivity index (χ2v) is 14.9. The molecule has 0 amide bonds. The largest absolute Gasteiger partial charge is 0.452 e. The summed E-state index contributed by atoms with van der Waals surface area (Å²) >= 11 is 0. The van der Waals surface area contributed by atoms with E-state index in [2.05, 4.69) is 121 Å². The average molecular weight is 782 g/mol. The third-order valence-corrected chi connectivity index (χ3v) is 10.9. The van der Waals surface area contributed by atoms with Crippen molar-refractivity contribution in [1.82, 2.24) is 24.9 Å². The SMILES string of the molecule is c1ccc(-c2cccc(-c3cc(-c4nc(-c5ccccc5)nc(-c5ccccc5)n4)cc(-c4nc(-c5cccc(-c6ccccc6)c5)c5oc6ccccc6c5n4)c3)c2)cc1. The molecule has 11 rings (SSSR count). The maximum atomic E-state index is 6.57. The van der Waals surface area contributed by atoms with E-state index in [1.165, 1.54) is 0 Å². The third kappa shape index (κ3) is 7.02. The summed E-state index contributed by atoms with van der Waals surface area (Å²) in [5.41, 5.74) is 13.7. The molecular weight excluding hydrogens is 747 g/mol. The monoisotopic (exact) mass is 781 g/mol. The molecule has 8 aromatic carbocycles. The smallest absolute Gasteiger partial charge is 0.180 e. The molecule has 0 aliphatic rings. The molecule has 0 aliphatic carbocycles. The maximum Gasteiger partial charge on any atom is 0.180 e. The van der Waals surface area contributed by atoms with Crippen LogP contribution in [0, 0.1) is 0 Å². The molecule has 0 spiro atoms. The molecule has 0 bridgehead atoms. The Balaban J connectivity index is 1.16. The summed E-state index contributed by atoms with van der Waals surface area (Å²) in [4.78, 5) is 26.0. The number of rotatable bonds is 8. The van der Waals surface area contributed by atoms with Crippen LogP contribution >= 0.6 is 0 Å². The Morgan fingerprint density at radius 2 is 0.639 bits per heavy atom. The van der Waals surface area contributed by atoms with Gasteiger partial charge in [-0.3, -0.25) is 0 Å². The normalized spacial score (nSPS) is 11.3. The number of para-hydroxylation sites is 1. The van der Waals surface area contributed by atoms with Crippen LogP contribution in [0.5, 0.6) is 0 Å². The van der Waals surface area contributed by atoms with E-state index in [0.29, 0.717) is 34.6 Å². The molecule has 0 unspecified atom stereocenters. The maximum absolute atomic E-state index is 6.57. The van der Waals surface area contributed by atoms with Crippen molar-refractivity contribution >= 4 is 22.1 Å². The number of hydrogen-bond donors (Lipinski definition) is 0. The molecule has 0 N–H and O–H groups in total. The molecule has 0 atom stereocenters. The van der Waals surface area contributed by atoms with Crippen molar-refractivity contribution in [3.8, 4) is 90.2 Å². The van der Waals surface area contributed by atoms with E-state index in [0.717, 1.165) is 77.7 Å². The van der Waals surface area contributed by atoms with E-state index < -0.39 is 0 Å².